The number of aromatic nitrogens is 4. The molecule has 1 N–H and O–H groups in total. The van der Waals surface area contributed by atoms with Gasteiger partial charge in [-0.3, -0.25) is 4.79 Å². The van der Waals surface area contributed by atoms with Crippen LogP contribution in [0.1, 0.15) is 46.2 Å². The zero-order valence-corrected chi connectivity index (χ0v) is 18.2. The molecule has 1 aliphatic rings. The van der Waals surface area contributed by atoms with Crippen molar-refractivity contribution in [2.45, 2.75) is 52.1 Å². The Hall–Kier alpha value is -3.48. The minimum Gasteiger partial charge on any atom is -0.481 e. The van der Waals surface area contributed by atoms with E-state index >= 15 is 0 Å². The minimum atomic E-state index is -0.904. The van der Waals surface area contributed by atoms with E-state index in [9.17, 15) is 14.3 Å². The van der Waals surface area contributed by atoms with Gasteiger partial charge in [0.05, 0.1) is 29.4 Å². The average Bonchev–Trinajstić information content (AvgIpc) is 3.28. The van der Waals surface area contributed by atoms with Crippen LogP contribution in [0.2, 0.25) is 0 Å². The largest absolute Gasteiger partial charge is 0.481 e. The second-order valence-electron chi connectivity index (χ2n) is 8.66. The molecule has 2 aromatic carbocycles. The Morgan fingerprint density at radius 2 is 1.97 bits per heavy atom. The quantitative estimate of drug-likeness (QED) is 0.508. The third-order valence-corrected chi connectivity index (χ3v) is 6.51. The molecule has 3 heterocycles. The van der Waals surface area contributed by atoms with E-state index in [1.54, 1.807) is 6.07 Å². The minimum absolute atomic E-state index is 0.0250. The molecule has 4 aromatic rings. The van der Waals surface area contributed by atoms with Crippen molar-refractivity contribution in [3.8, 4) is 0 Å². The molecular formula is C25H25FN4O2. The summed E-state index contributed by atoms with van der Waals surface area (Å²) in [6.07, 6.45) is 2.10. The number of hydrogen-bond acceptors (Lipinski definition) is 3. The highest BCUT2D eigenvalue weighted by atomic mass is 19.1. The molecule has 6 nitrogen and oxygen atoms in total. The predicted molar refractivity (Wildman–Crippen MR) is 119 cm³/mol. The highest BCUT2D eigenvalue weighted by molar-refractivity contribution is 5.89. The van der Waals surface area contributed by atoms with Gasteiger partial charge in [-0.2, -0.15) is 0 Å². The number of carboxylic acid groups (broad SMARTS) is 1. The monoisotopic (exact) mass is 432 g/mol. The Morgan fingerprint density at radius 3 is 2.72 bits per heavy atom. The summed E-state index contributed by atoms with van der Waals surface area (Å²) in [5, 5.41) is 18.9. The molecule has 0 spiro atoms. The lowest BCUT2D eigenvalue weighted by Crippen LogP contribution is -2.26. The van der Waals surface area contributed by atoms with E-state index in [-0.39, 0.29) is 18.3 Å². The van der Waals surface area contributed by atoms with E-state index in [1.807, 2.05) is 22.2 Å². The number of fused-ring (bicyclic) bond motifs is 3. The first-order valence-electron chi connectivity index (χ1n) is 10.9. The highest BCUT2D eigenvalue weighted by Gasteiger charge is 2.29. The van der Waals surface area contributed by atoms with Crippen molar-refractivity contribution in [3.63, 3.8) is 0 Å². The number of carboxylic acids is 1. The number of nitrogens with zero attached hydrogens (tertiary/aromatic N) is 4. The van der Waals surface area contributed by atoms with Gasteiger partial charge < -0.3 is 9.67 Å². The first-order chi connectivity index (χ1) is 15.4. The van der Waals surface area contributed by atoms with Crippen LogP contribution < -0.4 is 0 Å². The van der Waals surface area contributed by atoms with E-state index < -0.39 is 5.97 Å². The Bertz CT molecular complexity index is 1320. The first kappa shape index (κ1) is 20.4. The van der Waals surface area contributed by atoms with Crippen LogP contribution in [-0.2, 0) is 30.6 Å². The number of benzene rings is 2. The summed E-state index contributed by atoms with van der Waals surface area (Å²) in [4.78, 5) is 11.5. The number of para-hydroxylation sites is 1. The van der Waals surface area contributed by atoms with Gasteiger partial charge in [-0.05, 0) is 43.9 Å². The maximum atomic E-state index is 14.9. The molecule has 0 bridgehead atoms. The number of rotatable bonds is 5. The van der Waals surface area contributed by atoms with E-state index in [0.717, 1.165) is 35.5 Å². The Labute approximate surface area is 185 Å². The summed E-state index contributed by atoms with van der Waals surface area (Å²) >= 11 is 0. The number of aryl methyl sites for hydroxylation is 2. The van der Waals surface area contributed by atoms with Crippen molar-refractivity contribution < 1.29 is 14.3 Å². The average molecular weight is 432 g/mol. The van der Waals surface area contributed by atoms with Crippen LogP contribution in [-0.4, -0.2) is 30.6 Å². The van der Waals surface area contributed by atoms with Crippen LogP contribution in [0.15, 0.2) is 42.5 Å². The Kier molecular flexibility index (Phi) is 5.04. The second-order valence-corrected chi connectivity index (χ2v) is 8.66. The van der Waals surface area contributed by atoms with Gasteiger partial charge in [-0.15, -0.1) is 5.10 Å². The third-order valence-electron chi connectivity index (χ3n) is 6.51. The maximum Gasteiger partial charge on any atom is 0.307 e. The van der Waals surface area contributed by atoms with Crippen molar-refractivity contribution in [3.05, 3.63) is 82.1 Å². The first-order valence-corrected chi connectivity index (χ1v) is 10.9. The third kappa shape index (κ3) is 3.47. The van der Waals surface area contributed by atoms with E-state index in [0.29, 0.717) is 23.9 Å². The maximum absolute atomic E-state index is 14.9. The molecule has 1 atom stereocenters. The van der Waals surface area contributed by atoms with Gasteiger partial charge in [0.1, 0.15) is 5.82 Å². The predicted octanol–water partition coefficient (Wildman–Crippen LogP) is 4.39. The van der Waals surface area contributed by atoms with Crippen molar-refractivity contribution >= 4 is 16.9 Å². The number of aliphatic carboxylic acids is 1. The fourth-order valence-corrected chi connectivity index (χ4v) is 4.92. The number of carbonyl (C=O) groups is 1. The summed E-state index contributed by atoms with van der Waals surface area (Å²) in [6.45, 7) is 4.58. The van der Waals surface area contributed by atoms with Gasteiger partial charge >= 0.3 is 5.97 Å². The molecule has 7 heteroatoms. The fourth-order valence-electron chi connectivity index (χ4n) is 4.92. The molecule has 1 aliphatic heterocycles. The fraction of sp³-hybridized carbons (Fsp3) is 0.320. The van der Waals surface area contributed by atoms with Crippen molar-refractivity contribution in [2.24, 2.45) is 0 Å². The number of halogens is 1. The summed E-state index contributed by atoms with van der Waals surface area (Å²) in [5.74, 6) is -1.23. The van der Waals surface area contributed by atoms with Crippen LogP contribution in [0.25, 0.3) is 10.9 Å². The molecule has 0 aliphatic carbocycles. The lowest BCUT2D eigenvalue weighted by atomic mass is 9.99. The number of hydrogen-bond donors (Lipinski definition) is 1. The molecule has 1 unspecified atom stereocenters. The Morgan fingerprint density at radius 1 is 1.19 bits per heavy atom. The van der Waals surface area contributed by atoms with Crippen LogP contribution in [0.5, 0.6) is 0 Å². The lowest BCUT2D eigenvalue weighted by Gasteiger charge is -2.27. The Balaban J connectivity index is 1.54. The molecule has 0 saturated carbocycles. The zero-order chi connectivity index (χ0) is 22.4. The van der Waals surface area contributed by atoms with Crippen molar-refractivity contribution in [2.75, 3.05) is 0 Å². The molecular weight excluding hydrogens is 407 g/mol. The lowest BCUT2D eigenvalue weighted by molar-refractivity contribution is -0.136. The van der Waals surface area contributed by atoms with Crippen LogP contribution in [0.4, 0.5) is 4.39 Å². The summed E-state index contributed by atoms with van der Waals surface area (Å²) in [5.41, 5.74) is 6.49. The summed E-state index contributed by atoms with van der Waals surface area (Å²) in [6, 6.07) is 13.4. The summed E-state index contributed by atoms with van der Waals surface area (Å²) < 4.78 is 18.8. The normalized spacial score (nSPS) is 15.8. The molecule has 32 heavy (non-hydrogen) atoms. The van der Waals surface area contributed by atoms with Crippen LogP contribution >= 0.6 is 0 Å². The molecule has 0 saturated heterocycles. The summed E-state index contributed by atoms with van der Waals surface area (Å²) in [7, 11) is 0. The van der Waals surface area contributed by atoms with E-state index in [1.165, 1.54) is 17.2 Å². The van der Waals surface area contributed by atoms with Crippen LogP contribution in [0, 0.1) is 19.7 Å². The van der Waals surface area contributed by atoms with Gasteiger partial charge in [0.15, 0.2) is 0 Å². The van der Waals surface area contributed by atoms with Crippen LogP contribution in [0.3, 0.4) is 0 Å². The van der Waals surface area contributed by atoms with E-state index in [4.69, 9.17) is 0 Å². The second kappa shape index (κ2) is 7.89. The molecule has 0 fully saturated rings. The van der Waals surface area contributed by atoms with Gasteiger partial charge in [-0.25, -0.2) is 9.07 Å². The van der Waals surface area contributed by atoms with Crippen molar-refractivity contribution in [1.82, 2.24) is 19.6 Å². The molecule has 164 valence electrons. The SMILES string of the molecule is Cc1ccc(Cc2c(C)nnn2C2CCc3c(CC(=O)O)c4cccc(F)c4n3C2)cc1. The van der Waals surface area contributed by atoms with Gasteiger partial charge in [0, 0.05) is 24.0 Å². The van der Waals surface area contributed by atoms with Gasteiger partial charge in [0.25, 0.3) is 0 Å². The molecule has 2 aromatic heterocycles. The smallest absolute Gasteiger partial charge is 0.307 e. The molecule has 0 amide bonds. The van der Waals surface area contributed by atoms with E-state index in [2.05, 4.69) is 41.5 Å². The molecule has 5 rings (SSSR count). The zero-order valence-electron chi connectivity index (χ0n) is 18.2. The highest BCUT2D eigenvalue weighted by Crippen LogP contribution is 2.36. The van der Waals surface area contributed by atoms with Crippen molar-refractivity contribution in [1.29, 1.82) is 0 Å². The standard InChI is InChI=1S/C25H25FN4O2/c1-15-6-8-17(9-7-15)12-23-16(2)27-28-30(23)18-10-11-22-20(13-24(31)32)19-4-3-5-21(26)25(19)29(22)14-18/h3-9,18H,10-14H2,1-2H3,(H,31,32). The molecule has 0 radical (unpaired) electrons. The van der Waals surface area contributed by atoms with Gasteiger partial charge in [-0.1, -0.05) is 47.2 Å². The van der Waals surface area contributed by atoms with Gasteiger partial charge in [0.2, 0.25) is 0 Å². The topological polar surface area (TPSA) is 72.9 Å².